The molecule has 0 bridgehead atoms. The van der Waals surface area contributed by atoms with Crippen molar-refractivity contribution >= 4 is 7.26 Å². The van der Waals surface area contributed by atoms with Crippen molar-refractivity contribution in [3.63, 3.8) is 0 Å². The van der Waals surface area contributed by atoms with E-state index in [1.165, 1.54) is 24.6 Å². The fraction of sp³-hybridized carbons (Fsp3) is 0.833. The molecule has 1 atom stereocenters. The van der Waals surface area contributed by atoms with Gasteiger partial charge in [0.2, 0.25) is 0 Å². The molecule has 3 heteroatoms. The normalized spacial score (nSPS) is 21.1. The molecule has 1 aliphatic rings. The van der Waals surface area contributed by atoms with E-state index >= 15 is 0 Å². The Kier molecular flexibility index (Phi) is 7.87. The van der Waals surface area contributed by atoms with Gasteiger partial charge in [-0.15, -0.1) is 0 Å². The lowest BCUT2D eigenvalue weighted by atomic mass is 10.2. The Balaban J connectivity index is 0.00000196. The van der Waals surface area contributed by atoms with Crippen molar-refractivity contribution in [1.29, 1.82) is 0 Å². The Morgan fingerprint density at radius 1 is 1.20 bits per heavy atom. The average Bonchev–Trinajstić information content (AvgIpc) is 2.28. The number of rotatable bonds is 5. The fourth-order valence-corrected chi connectivity index (χ4v) is 5.25. The minimum Gasteiger partial charge on any atom is -1.00 e. The van der Waals surface area contributed by atoms with E-state index in [0.717, 1.165) is 13.0 Å². The summed E-state index contributed by atoms with van der Waals surface area (Å²) in [5.74, 6) is 0. The molecule has 1 aliphatic heterocycles. The van der Waals surface area contributed by atoms with E-state index in [-0.39, 0.29) is 12.4 Å². The Bertz CT molecular complexity index is 182. The third-order valence-corrected chi connectivity index (χ3v) is 8.71. The van der Waals surface area contributed by atoms with Crippen LogP contribution in [0.15, 0.2) is 12.2 Å². The van der Waals surface area contributed by atoms with Gasteiger partial charge in [0.15, 0.2) is 0 Å². The monoisotopic (exact) mass is 250 g/mol. The summed E-state index contributed by atoms with van der Waals surface area (Å²) in [6, 6.07) is 0. The summed E-state index contributed by atoms with van der Waals surface area (Å²) in [4.78, 5) is 0. The van der Waals surface area contributed by atoms with Gasteiger partial charge >= 0.3 is 0 Å². The van der Waals surface area contributed by atoms with Crippen LogP contribution in [0.4, 0.5) is 0 Å². The van der Waals surface area contributed by atoms with Gasteiger partial charge in [-0.25, -0.2) is 0 Å². The maximum Gasteiger partial charge on any atom is 0.109 e. The predicted molar refractivity (Wildman–Crippen MR) is 66.9 cm³/mol. The largest absolute Gasteiger partial charge is 1.00 e. The first-order chi connectivity index (χ1) is 6.76. The first kappa shape index (κ1) is 15.4. The van der Waals surface area contributed by atoms with Crippen LogP contribution in [-0.2, 0) is 4.74 Å². The quantitative estimate of drug-likeness (QED) is 0.508. The van der Waals surface area contributed by atoms with Crippen LogP contribution >= 0.6 is 7.26 Å². The summed E-state index contributed by atoms with van der Waals surface area (Å²) in [7, 11) is -0.684. The summed E-state index contributed by atoms with van der Waals surface area (Å²) in [5, 5.41) is 0. The second-order valence-corrected chi connectivity index (χ2v) is 9.04. The SMILES string of the molecule is CC[P+](CC)(CC)CC1C=CCCO1.[Cl-]. The van der Waals surface area contributed by atoms with Crippen LogP contribution in [0.5, 0.6) is 0 Å². The van der Waals surface area contributed by atoms with Crippen molar-refractivity contribution < 1.29 is 17.1 Å². The zero-order valence-electron chi connectivity index (χ0n) is 10.2. The molecular weight excluding hydrogens is 227 g/mol. The van der Waals surface area contributed by atoms with Crippen LogP contribution in [0, 0.1) is 0 Å². The molecule has 0 aliphatic carbocycles. The third-order valence-electron chi connectivity index (χ3n) is 3.55. The van der Waals surface area contributed by atoms with E-state index in [1.54, 1.807) is 0 Å². The van der Waals surface area contributed by atoms with E-state index < -0.39 is 7.26 Å². The molecule has 0 N–H and O–H groups in total. The molecular formula is C12H24ClOP. The molecule has 0 aromatic heterocycles. The van der Waals surface area contributed by atoms with Gasteiger partial charge in [0.25, 0.3) is 0 Å². The molecule has 0 fully saturated rings. The Morgan fingerprint density at radius 2 is 1.80 bits per heavy atom. The van der Waals surface area contributed by atoms with Gasteiger partial charge in [-0.05, 0) is 27.2 Å². The standard InChI is InChI=1S/C12H24OP.ClH/c1-4-14(5-2,6-3)11-12-9-7-8-10-13-12;/h7,9,12H,4-6,8,10-11H2,1-3H3;1H/q+1;/p-1. The van der Waals surface area contributed by atoms with Crippen LogP contribution in [0.25, 0.3) is 0 Å². The van der Waals surface area contributed by atoms with Gasteiger partial charge in [0, 0.05) is 7.26 Å². The molecule has 1 nitrogen and oxygen atoms in total. The van der Waals surface area contributed by atoms with Crippen molar-refractivity contribution in [3.8, 4) is 0 Å². The minimum atomic E-state index is -0.684. The van der Waals surface area contributed by atoms with Gasteiger partial charge in [0.1, 0.15) is 6.10 Å². The summed E-state index contributed by atoms with van der Waals surface area (Å²) < 4.78 is 5.78. The number of ether oxygens (including phenoxy) is 1. The summed E-state index contributed by atoms with van der Waals surface area (Å²) in [6.07, 6.45) is 11.6. The molecule has 90 valence electrons. The second kappa shape index (κ2) is 7.65. The van der Waals surface area contributed by atoms with Crippen LogP contribution in [0.1, 0.15) is 27.2 Å². The molecule has 0 aromatic rings. The molecule has 15 heavy (non-hydrogen) atoms. The lowest BCUT2D eigenvalue weighted by Gasteiger charge is -2.28. The average molecular weight is 251 g/mol. The number of hydrogen-bond acceptors (Lipinski definition) is 1. The van der Waals surface area contributed by atoms with E-state index in [0.29, 0.717) is 6.10 Å². The molecule has 1 rings (SSSR count). The van der Waals surface area contributed by atoms with Crippen molar-refractivity contribution in [2.24, 2.45) is 0 Å². The van der Waals surface area contributed by atoms with E-state index in [9.17, 15) is 0 Å². The smallest absolute Gasteiger partial charge is 0.109 e. The predicted octanol–water partition coefficient (Wildman–Crippen LogP) is 0.413. The molecule has 1 unspecified atom stereocenters. The Morgan fingerprint density at radius 3 is 2.20 bits per heavy atom. The molecule has 0 saturated carbocycles. The maximum atomic E-state index is 5.78. The lowest BCUT2D eigenvalue weighted by Crippen LogP contribution is -3.00. The van der Waals surface area contributed by atoms with Crippen molar-refractivity contribution in [2.45, 2.75) is 33.3 Å². The topological polar surface area (TPSA) is 9.23 Å². The maximum absolute atomic E-state index is 5.78. The Labute approximate surface area is 101 Å². The van der Waals surface area contributed by atoms with E-state index in [4.69, 9.17) is 4.74 Å². The number of halogens is 1. The Hall–Kier alpha value is 0.420. The molecule has 1 heterocycles. The summed E-state index contributed by atoms with van der Waals surface area (Å²) in [5.41, 5.74) is 0. The van der Waals surface area contributed by atoms with Gasteiger partial charge in [0.05, 0.1) is 31.3 Å². The highest BCUT2D eigenvalue weighted by Crippen LogP contribution is 2.58. The van der Waals surface area contributed by atoms with Gasteiger partial charge < -0.3 is 17.1 Å². The minimum absolute atomic E-state index is 0. The van der Waals surface area contributed by atoms with Crippen molar-refractivity contribution in [2.75, 3.05) is 31.3 Å². The van der Waals surface area contributed by atoms with E-state index in [2.05, 4.69) is 32.9 Å². The number of hydrogen-bond donors (Lipinski definition) is 0. The highest BCUT2D eigenvalue weighted by atomic mass is 35.5. The third kappa shape index (κ3) is 4.43. The summed E-state index contributed by atoms with van der Waals surface area (Å²) in [6.45, 7) is 7.99. The zero-order valence-corrected chi connectivity index (χ0v) is 11.9. The van der Waals surface area contributed by atoms with Crippen LogP contribution in [0.3, 0.4) is 0 Å². The second-order valence-electron chi connectivity index (χ2n) is 4.10. The van der Waals surface area contributed by atoms with Crippen LogP contribution in [-0.4, -0.2) is 37.4 Å². The summed E-state index contributed by atoms with van der Waals surface area (Å²) >= 11 is 0. The van der Waals surface area contributed by atoms with Crippen molar-refractivity contribution in [3.05, 3.63) is 12.2 Å². The van der Waals surface area contributed by atoms with Gasteiger partial charge in [-0.3, -0.25) is 0 Å². The van der Waals surface area contributed by atoms with Gasteiger partial charge in [-0.1, -0.05) is 12.2 Å². The first-order valence-corrected chi connectivity index (χ1v) is 8.42. The molecule has 0 amide bonds. The molecule has 0 spiro atoms. The van der Waals surface area contributed by atoms with Gasteiger partial charge in [-0.2, -0.15) is 0 Å². The molecule has 0 radical (unpaired) electrons. The first-order valence-electron chi connectivity index (χ1n) is 5.89. The zero-order chi connectivity index (χ0) is 10.4. The fourth-order valence-electron chi connectivity index (χ4n) is 2.14. The molecule has 0 aromatic carbocycles. The van der Waals surface area contributed by atoms with E-state index in [1.807, 2.05) is 0 Å². The lowest BCUT2D eigenvalue weighted by molar-refractivity contribution is -0.00000486. The highest BCUT2D eigenvalue weighted by molar-refractivity contribution is 7.75. The highest BCUT2D eigenvalue weighted by Gasteiger charge is 2.34. The van der Waals surface area contributed by atoms with Crippen molar-refractivity contribution in [1.82, 2.24) is 0 Å². The van der Waals surface area contributed by atoms with Crippen LogP contribution < -0.4 is 12.4 Å². The molecule has 0 saturated heterocycles. The van der Waals surface area contributed by atoms with Crippen LogP contribution in [0.2, 0.25) is 0 Å².